The van der Waals surface area contributed by atoms with Crippen LogP contribution in [0.25, 0.3) is 0 Å². The molecular formula is C17H20FN3OS. The summed E-state index contributed by atoms with van der Waals surface area (Å²) in [6, 6.07) is 4.26. The molecule has 0 saturated carbocycles. The number of hydrogen-bond donors (Lipinski definition) is 1. The number of nitrogens with one attached hydrogen (secondary N) is 1. The number of anilines is 1. The lowest BCUT2D eigenvalue weighted by atomic mass is 10.1. The third-order valence-corrected chi connectivity index (χ3v) is 4.98. The summed E-state index contributed by atoms with van der Waals surface area (Å²) in [5, 5.41) is 5.96. The molecule has 1 N–H and O–H groups in total. The average Bonchev–Trinajstić information content (AvgIpc) is 3.20. The second-order valence-corrected chi connectivity index (χ2v) is 6.62. The molecule has 122 valence electrons. The molecule has 2 aromatic rings. The van der Waals surface area contributed by atoms with Gasteiger partial charge in [-0.15, -0.1) is 11.3 Å². The average molecular weight is 333 g/mol. The Labute approximate surface area is 139 Å². The van der Waals surface area contributed by atoms with Gasteiger partial charge in [0.2, 0.25) is 0 Å². The van der Waals surface area contributed by atoms with Crippen LogP contribution in [0, 0.1) is 12.7 Å². The van der Waals surface area contributed by atoms with E-state index >= 15 is 0 Å². The lowest BCUT2D eigenvalue weighted by Crippen LogP contribution is -2.26. The van der Waals surface area contributed by atoms with Gasteiger partial charge in [0.1, 0.15) is 5.82 Å². The van der Waals surface area contributed by atoms with Gasteiger partial charge in [-0.2, -0.15) is 0 Å². The Morgan fingerprint density at radius 3 is 2.96 bits per heavy atom. The van der Waals surface area contributed by atoms with E-state index in [0.29, 0.717) is 18.5 Å². The van der Waals surface area contributed by atoms with Gasteiger partial charge in [0.15, 0.2) is 5.13 Å². The molecule has 0 unspecified atom stereocenters. The van der Waals surface area contributed by atoms with Crippen molar-refractivity contribution in [2.24, 2.45) is 0 Å². The predicted molar refractivity (Wildman–Crippen MR) is 90.7 cm³/mol. The minimum absolute atomic E-state index is 0.239. The van der Waals surface area contributed by atoms with Crippen LogP contribution in [-0.2, 0) is 6.42 Å². The molecule has 0 aliphatic carbocycles. The van der Waals surface area contributed by atoms with Crippen molar-refractivity contribution in [3.63, 3.8) is 0 Å². The number of rotatable bonds is 5. The summed E-state index contributed by atoms with van der Waals surface area (Å²) in [4.78, 5) is 19.1. The van der Waals surface area contributed by atoms with Crippen LogP contribution in [0.4, 0.5) is 9.52 Å². The standard InChI is InChI=1S/C17H20FN3OS/c1-12-4-5-13(18)10-15(12)16(22)19-7-6-14-11-23-17(20-14)21-8-2-3-9-21/h4-5,10-11H,2-3,6-9H2,1H3,(H,19,22). The fraction of sp³-hybridized carbons (Fsp3) is 0.412. The largest absolute Gasteiger partial charge is 0.352 e. The molecule has 1 fully saturated rings. The minimum atomic E-state index is -0.393. The summed E-state index contributed by atoms with van der Waals surface area (Å²) in [6.45, 7) is 4.47. The smallest absolute Gasteiger partial charge is 0.251 e. The molecular weight excluding hydrogens is 313 g/mol. The molecule has 0 bridgehead atoms. The first kappa shape index (κ1) is 15.9. The summed E-state index contributed by atoms with van der Waals surface area (Å²) >= 11 is 1.66. The molecule has 1 aromatic heterocycles. The molecule has 3 rings (SSSR count). The van der Waals surface area contributed by atoms with Gasteiger partial charge in [-0.05, 0) is 37.5 Å². The number of nitrogens with zero attached hydrogens (tertiary/aromatic N) is 2. The first-order valence-electron chi connectivity index (χ1n) is 7.87. The zero-order valence-electron chi connectivity index (χ0n) is 13.1. The monoisotopic (exact) mass is 333 g/mol. The van der Waals surface area contributed by atoms with E-state index in [1.165, 1.54) is 25.0 Å². The SMILES string of the molecule is Cc1ccc(F)cc1C(=O)NCCc1csc(N2CCCC2)n1. The number of halogens is 1. The highest BCUT2D eigenvalue weighted by atomic mass is 32.1. The second kappa shape index (κ2) is 7.08. The predicted octanol–water partition coefficient (Wildman–Crippen LogP) is 3.16. The Morgan fingerprint density at radius 1 is 1.39 bits per heavy atom. The van der Waals surface area contributed by atoms with Crippen molar-refractivity contribution in [1.82, 2.24) is 10.3 Å². The van der Waals surface area contributed by atoms with E-state index in [1.54, 1.807) is 24.3 Å². The fourth-order valence-corrected chi connectivity index (χ4v) is 3.62. The molecule has 4 nitrogen and oxygen atoms in total. The number of carbonyl (C=O) groups excluding carboxylic acids is 1. The second-order valence-electron chi connectivity index (χ2n) is 5.78. The lowest BCUT2D eigenvalue weighted by molar-refractivity contribution is 0.0953. The Bertz CT molecular complexity index is 695. The summed E-state index contributed by atoms with van der Waals surface area (Å²) in [6.07, 6.45) is 3.15. The minimum Gasteiger partial charge on any atom is -0.352 e. The number of amides is 1. The number of carbonyl (C=O) groups is 1. The molecule has 0 atom stereocenters. The van der Waals surface area contributed by atoms with E-state index in [0.717, 1.165) is 29.5 Å². The molecule has 1 aromatic carbocycles. The van der Waals surface area contributed by atoms with E-state index in [-0.39, 0.29) is 5.91 Å². The molecule has 1 saturated heterocycles. The quantitative estimate of drug-likeness (QED) is 0.914. The van der Waals surface area contributed by atoms with Crippen LogP contribution < -0.4 is 10.2 Å². The molecule has 2 heterocycles. The van der Waals surface area contributed by atoms with Gasteiger partial charge in [-0.3, -0.25) is 4.79 Å². The Hall–Kier alpha value is -1.95. The van der Waals surface area contributed by atoms with Crippen LogP contribution in [0.2, 0.25) is 0 Å². The number of benzene rings is 1. The van der Waals surface area contributed by atoms with Crippen molar-refractivity contribution < 1.29 is 9.18 Å². The summed E-state index contributed by atoms with van der Waals surface area (Å²) in [7, 11) is 0. The van der Waals surface area contributed by atoms with E-state index in [4.69, 9.17) is 0 Å². The number of aryl methyl sites for hydroxylation is 1. The van der Waals surface area contributed by atoms with Crippen molar-refractivity contribution in [1.29, 1.82) is 0 Å². The van der Waals surface area contributed by atoms with E-state index < -0.39 is 5.82 Å². The van der Waals surface area contributed by atoms with E-state index in [9.17, 15) is 9.18 Å². The molecule has 1 aliphatic rings. The molecule has 1 amide bonds. The normalized spacial score (nSPS) is 14.3. The van der Waals surface area contributed by atoms with Crippen molar-refractivity contribution >= 4 is 22.4 Å². The van der Waals surface area contributed by atoms with Crippen molar-refractivity contribution in [2.75, 3.05) is 24.5 Å². The highest BCUT2D eigenvalue weighted by Crippen LogP contribution is 2.24. The molecule has 23 heavy (non-hydrogen) atoms. The van der Waals surface area contributed by atoms with Crippen LogP contribution in [0.3, 0.4) is 0 Å². The molecule has 6 heteroatoms. The van der Waals surface area contributed by atoms with Gasteiger partial charge in [0.25, 0.3) is 5.91 Å². The Morgan fingerprint density at radius 2 is 2.17 bits per heavy atom. The maximum atomic E-state index is 13.3. The van der Waals surface area contributed by atoms with Gasteiger partial charge in [-0.25, -0.2) is 9.37 Å². The highest BCUT2D eigenvalue weighted by Gasteiger charge is 2.15. The van der Waals surface area contributed by atoms with Gasteiger partial charge >= 0.3 is 0 Å². The molecule has 1 aliphatic heterocycles. The van der Waals surface area contributed by atoms with Gasteiger partial charge < -0.3 is 10.2 Å². The van der Waals surface area contributed by atoms with Crippen LogP contribution in [0.5, 0.6) is 0 Å². The van der Waals surface area contributed by atoms with Gasteiger partial charge in [-0.1, -0.05) is 6.07 Å². The topological polar surface area (TPSA) is 45.2 Å². The third kappa shape index (κ3) is 3.88. The van der Waals surface area contributed by atoms with Gasteiger partial charge in [0, 0.05) is 37.0 Å². The van der Waals surface area contributed by atoms with Crippen LogP contribution >= 0.6 is 11.3 Å². The fourth-order valence-electron chi connectivity index (χ4n) is 2.70. The number of hydrogen-bond acceptors (Lipinski definition) is 4. The number of thiazole rings is 1. The maximum absolute atomic E-state index is 13.3. The Balaban J connectivity index is 1.53. The first-order valence-corrected chi connectivity index (χ1v) is 8.75. The molecule has 0 radical (unpaired) electrons. The van der Waals surface area contributed by atoms with Crippen LogP contribution in [-0.4, -0.2) is 30.5 Å². The Kier molecular flexibility index (Phi) is 4.91. The summed E-state index contributed by atoms with van der Waals surface area (Å²) < 4.78 is 13.3. The van der Waals surface area contributed by atoms with Crippen molar-refractivity contribution in [3.05, 3.63) is 46.2 Å². The zero-order valence-corrected chi connectivity index (χ0v) is 14.0. The zero-order chi connectivity index (χ0) is 16.2. The van der Waals surface area contributed by atoms with Crippen molar-refractivity contribution in [3.8, 4) is 0 Å². The highest BCUT2D eigenvalue weighted by molar-refractivity contribution is 7.13. The summed E-state index contributed by atoms with van der Waals surface area (Å²) in [5.74, 6) is -0.632. The number of aromatic nitrogens is 1. The van der Waals surface area contributed by atoms with Gasteiger partial charge in [0.05, 0.1) is 5.69 Å². The van der Waals surface area contributed by atoms with E-state index in [2.05, 4.69) is 15.2 Å². The maximum Gasteiger partial charge on any atom is 0.251 e. The summed E-state index contributed by atoms with van der Waals surface area (Å²) in [5.41, 5.74) is 2.16. The van der Waals surface area contributed by atoms with Crippen molar-refractivity contribution in [2.45, 2.75) is 26.2 Å². The van der Waals surface area contributed by atoms with Crippen LogP contribution in [0.15, 0.2) is 23.6 Å². The third-order valence-electron chi connectivity index (χ3n) is 4.03. The first-order chi connectivity index (χ1) is 11.1. The van der Waals surface area contributed by atoms with E-state index in [1.807, 2.05) is 5.38 Å². The van der Waals surface area contributed by atoms with Crippen LogP contribution in [0.1, 0.15) is 34.5 Å². The molecule has 0 spiro atoms. The lowest BCUT2D eigenvalue weighted by Gasteiger charge is -2.12.